The first-order valence-corrected chi connectivity index (χ1v) is 14.5. The number of nitrogens with one attached hydrogen (secondary N) is 1. The lowest BCUT2D eigenvalue weighted by atomic mass is 9.98. The molecule has 3 aromatic carbocycles. The number of carbonyl (C=O) groups excluding carboxylic acids is 1. The van der Waals surface area contributed by atoms with E-state index in [-0.39, 0.29) is 35.9 Å². The number of anilines is 1. The van der Waals surface area contributed by atoms with Gasteiger partial charge in [-0.2, -0.15) is 4.31 Å². The van der Waals surface area contributed by atoms with Gasteiger partial charge < -0.3 is 19.7 Å². The van der Waals surface area contributed by atoms with Crippen molar-refractivity contribution in [2.75, 3.05) is 18.4 Å². The lowest BCUT2D eigenvalue weighted by molar-refractivity contribution is -0.137. The highest BCUT2D eigenvalue weighted by molar-refractivity contribution is 7.89. The maximum Gasteiger partial charge on any atom is 0.323 e. The highest BCUT2D eigenvalue weighted by atomic mass is 32.2. The molecule has 1 fully saturated rings. The number of ether oxygens (including phenoxy) is 1. The van der Waals surface area contributed by atoms with Crippen LogP contribution in [0.25, 0.3) is 10.9 Å². The Kier molecular flexibility index (Phi) is 7.64. The Bertz CT molecular complexity index is 1650. The van der Waals surface area contributed by atoms with Crippen molar-refractivity contribution in [1.82, 2.24) is 8.87 Å². The van der Waals surface area contributed by atoms with E-state index in [4.69, 9.17) is 4.74 Å². The fraction of sp³-hybridized carbons (Fsp3) is 0.267. The number of amides is 1. The minimum Gasteiger partial charge on any atom is -0.491 e. The molecule has 5 rings (SSSR count). The minimum absolute atomic E-state index is 0.0127. The molecule has 1 aliphatic rings. The standard InChI is InChI=1S/C30H31N3O6S/c1-20(2)39-24-9-11-25(12-10-24)40(37,38)33-15-14-22(17-33)27-18-32(19-29(34)35)28-16-23(8-13-26(27)28)31-30(36)21-6-4-3-5-7-21/h3-13,16,18,20,22H,14-15,17,19H2,1-2H3,(H,31,36)(H,34,35). The predicted octanol–water partition coefficient (Wildman–Crippen LogP) is 4.94. The number of carboxylic acids is 1. The van der Waals surface area contributed by atoms with Crippen molar-refractivity contribution in [3.63, 3.8) is 0 Å². The number of benzene rings is 3. The number of nitrogens with zero attached hydrogens (tertiary/aromatic N) is 2. The van der Waals surface area contributed by atoms with Crippen molar-refractivity contribution >= 4 is 38.5 Å². The molecule has 2 heterocycles. The average molecular weight is 562 g/mol. The summed E-state index contributed by atoms with van der Waals surface area (Å²) in [4.78, 5) is 24.5. The van der Waals surface area contributed by atoms with Crippen molar-refractivity contribution in [1.29, 1.82) is 0 Å². The Morgan fingerprint density at radius 3 is 2.45 bits per heavy atom. The number of carbonyl (C=O) groups is 2. The summed E-state index contributed by atoms with van der Waals surface area (Å²) in [6, 6.07) is 20.7. The summed E-state index contributed by atoms with van der Waals surface area (Å²) in [7, 11) is -3.71. The number of fused-ring (bicyclic) bond motifs is 1. The molecule has 0 saturated carbocycles. The second-order valence-corrected chi connectivity index (χ2v) is 12.1. The molecule has 1 aromatic heterocycles. The lowest BCUT2D eigenvalue weighted by Crippen LogP contribution is -2.28. The van der Waals surface area contributed by atoms with Crippen LogP contribution in [-0.4, -0.2) is 53.5 Å². The molecule has 1 unspecified atom stereocenters. The zero-order valence-corrected chi connectivity index (χ0v) is 23.1. The van der Waals surface area contributed by atoms with E-state index in [2.05, 4.69) is 5.32 Å². The Labute approximate surface area is 233 Å². The summed E-state index contributed by atoms with van der Waals surface area (Å²) in [5, 5.41) is 13.2. The number of hydrogen-bond donors (Lipinski definition) is 2. The third-order valence-electron chi connectivity index (χ3n) is 6.94. The van der Waals surface area contributed by atoms with Crippen LogP contribution in [0.5, 0.6) is 5.75 Å². The highest BCUT2D eigenvalue weighted by Crippen LogP contribution is 2.37. The van der Waals surface area contributed by atoms with Crippen LogP contribution >= 0.6 is 0 Å². The fourth-order valence-corrected chi connectivity index (χ4v) is 6.60. The third kappa shape index (κ3) is 5.73. The minimum atomic E-state index is -3.71. The monoisotopic (exact) mass is 561 g/mol. The van der Waals surface area contributed by atoms with Gasteiger partial charge in [0.25, 0.3) is 5.91 Å². The van der Waals surface area contributed by atoms with Gasteiger partial charge in [-0.3, -0.25) is 9.59 Å². The first-order valence-electron chi connectivity index (χ1n) is 13.1. The zero-order valence-electron chi connectivity index (χ0n) is 22.3. The van der Waals surface area contributed by atoms with Crippen LogP contribution in [0.4, 0.5) is 5.69 Å². The van der Waals surface area contributed by atoms with E-state index >= 15 is 0 Å². The molecule has 0 radical (unpaired) electrons. The van der Waals surface area contributed by atoms with Gasteiger partial charge >= 0.3 is 5.97 Å². The number of hydrogen-bond acceptors (Lipinski definition) is 5. The van der Waals surface area contributed by atoms with Gasteiger partial charge in [0.1, 0.15) is 12.3 Å². The first-order chi connectivity index (χ1) is 19.1. The molecule has 1 atom stereocenters. The lowest BCUT2D eigenvalue weighted by Gasteiger charge is -2.17. The van der Waals surface area contributed by atoms with Gasteiger partial charge in [-0.25, -0.2) is 8.42 Å². The van der Waals surface area contributed by atoms with E-state index in [0.29, 0.717) is 35.5 Å². The van der Waals surface area contributed by atoms with Crippen molar-refractivity contribution in [2.24, 2.45) is 0 Å². The van der Waals surface area contributed by atoms with Crippen LogP contribution in [0.1, 0.15) is 42.1 Å². The summed E-state index contributed by atoms with van der Waals surface area (Å²) in [6.45, 7) is 4.19. The Hall–Kier alpha value is -4.15. The van der Waals surface area contributed by atoms with Crippen LogP contribution in [0.15, 0.2) is 83.9 Å². The van der Waals surface area contributed by atoms with Gasteiger partial charge in [0.05, 0.1) is 16.5 Å². The number of carboxylic acid groups (broad SMARTS) is 1. The molecule has 208 valence electrons. The largest absolute Gasteiger partial charge is 0.491 e. The van der Waals surface area contributed by atoms with Gasteiger partial charge in [-0.15, -0.1) is 0 Å². The second kappa shape index (κ2) is 11.1. The Balaban J connectivity index is 1.39. The summed E-state index contributed by atoms with van der Waals surface area (Å²) in [6.07, 6.45) is 2.38. The predicted molar refractivity (Wildman–Crippen MR) is 152 cm³/mol. The van der Waals surface area contributed by atoms with Gasteiger partial charge in [0.15, 0.2) is 0 Å². The van der Waals surface area contributed by atoms with Gasteiger partial charge in [-0.1, -0.05) is 24.3 Å². The van der Waals surface area contributed by atoms with E-state index in [9.17, 15) is 23.1 Å². The first kappa shape index (κ1) is 27.4. The van der Waals surface area contributed by atoms with E-state index in [0.717, 1.165) is 10.9 Å². The van der Waals surface area contributed by atoms with Crippen molar-refractivity contribution < 1.29 is 27.9 Å². The molecule has 4 aromatic rings. The normalized spacial score (nSPS) is 15.9. The molecule has 0 spiro atoms. The quantitative estimate of drug-likeness (QED) is 0.299. The Morgan fingerprint density at radius 1 is 1.05 bits per heavy atom. The van der Waals surface area contributed by atoms with Gasteiger partial charge in [0.2, 0.25) is 10.0 Å². The van der Waals surface area contributed by atoms with E-state index < -0.39 is 16.0 Å². The second-order valence-electron chi connectivity index (χ2n) is 10.1. The summed E-state index contributed by atoms with van der Waals surface area (Å²) in [5.74, 6) is -0.765. The van der Waals surface area contributed by atoms with E-state index in [1.54, 1.807) is 71.4 Å². The topological polar surface area (TPSA) is 118 Å². The number of aromatic nitrogens is 1. The zero-order chi connectivity index (χ0) is 28.4. The molecular weight excluding hydrogens is 530 g/mol. The fourth-order valence-electron chi connectivity index (χ4n) is 5.10. The van der Waals surface area contributed by atoms with Gasteiger partial charge in [-0.05, 0) is 74.4 Å². The van der Waals surface area contributed by atoms with Crippen molar-refractivity contribution in [2.45, 2.75) is 43.7 Å². The Morgan fingerprint density at radius 2 is 1.77 bits per heavy atom. The molecule has 1 saturated heterocycles. The maximum absolute atomic E-state index is 13.4. The number of aliphatic carboxylic acids is 1. The molecule has 1 aliphatic heterocycles. The SMILES string of the molecule is CC(C)Oc1ccc(S(=O)(=O)N2CCC(c3cn(CC(=O)O)c4cc(NC(=O)c5ccccc5)ccc34)C2)cc1. The van der Waals surface area contributed by atoms with Gasteiger partial charge in [0, 0.05) is 41.8 Å². The van der Waals surface area contributed by atoms with Crippen LogP contribution in [-0.2, 0) is 21.4 Å². The molecule has 2 N–H and O–H groups in total. The molecule has 9 nitrogen and oxygen atoms in total. The van der Waals surface area contributed by atoms with Crippen LogP contribution < -0.4 is 10.1 Å². The van der Waals surface area contributed by atoms with Crippen LogP contribution in [0.3, 0.4) is 0 Å². The van der Waals surface area contributed by atoms with Crippen molar-refractivity contribution in [3.05, 3.63) is 90.1 Å². The summed E-state index contributed by atoms with van der Waals surface area (Å²) < 4.78 is 35.5. The third-order valence-corrected chi connectivity index (χ3v) is 8.82. The van der Waals surface area contributed by atoms with E-state index in [1.165, 1.54) is 4.31 Å². The van der Waals surface area contributed by atoms with Crippen LogP contribution in [0.2, 0.25) is 0 Å². The maximum atomic E-state index is 13.4. The highest BCUT2D eigenvalue weighted by Gasteiger charge is 2.34. The summed E-state index contributed by atoms with van der Waals surface area (Å²) in [5.41, 5.74) is 2.59. The van der Waals surface area contributed by atoms with Crippen LogP contribution in [0, 0.1) is 0 Å². The average Bonchev–Trinajstić information content (AvgIpc) is 3.55. The number of sulfonamides is 1. The molecule has 0 aliphatic carbocycles. The summed E-state index contributed by atoms with van der Waals surface area (Å²) >= 11 is 0. The molecular formula is C30H31N3O6S. The molecule has 40 heavy (non-hydrogen) atoms. The van der Waals surface area contributed by atoms with E-state index in [1.807, 2.05) is 26.0 Å². The molecule has 10 heteroatoms. The van der Waals surface area contributed by atoms with Crippen molar-refractivity contribution in [3.8, 4) is 5.75 Å². The molecule has 0 bridgehead atoms. The smallest absolute Gasteiger partial charge is 0.323 e. The molecule has 1 amide bonds. The number of rotatable bonds is 9.